The second-order valence-electron chi connectivity index (χ2n) is 8.19. The molecule has 2 aliphatic heterocycles. The van der Waals surface area contributed by atoms with Crippen molar-refractivity contribution in [3.05, 3.63) is 35.5 Å². The first-order valence-corrected chi connectivity index (χ1v) is 9.18. The molecule has 0 bridgehead atoms. The third-order valence-electron chi connectivity index (χ3n) is 6.91. The van der Waals surface area contributed by atoms with Crippen LogP contribution in [0.15, 0.2) is 24.3 Å². The van der Waals surface area contributed by atoms with Crippen LogP contribution in [0.2, 0.25) is 0 Å². The fourth-order valence-corrected chi connectivity index (χ4v) is 5.68. The summed E-state index contributed by atoms with van der Waals surface area (Å²) in [5, 5.41) is 11.5. The first-order chi connectivity index (χ1) is 11.1. The Balaban J connectivity index is 1.59. The molecule has 0 spiro atoms. The number of nitrogens with zero attached hydrogens (tertiary/aromatic N) is 1. The second kappa shape index (κ2) is 4.84. The SMILES string of the molecule is C[C@@]12CC3C[C@H](O)CCC3CN1CCc1c2[nH]c2ccccc12. The molecule has 5 rings (SSSR count). The Labute approximate surface area is 137 Å². The van der Waals surface area contributed by atoms with E-state index in [1.807, 2.05) is 0 Å². The number of aliphatic hydroxyl groups is 1. The molecule has 2 N–H and O–H groups in total. The summed E-state index contributed by atoms with van der Waals surface area (Å²) in [6.07, 6.45) is 5.49. The first-order valence-electron chi connectivity index (χ1n) is 9.18. The van der Waals surface area contributed by atoms with Crippen LogP contribution in [0.3, 0.4) is 0 Å². The molecule has 0 radical (unpaired) electrons. The highest BCUT2D eigenvalue weighted by Crippen LogP contribution is 2.50. The lowest BCUT2D eigenvalue weighted by Crippen LogP contribution is -2.57. The maximum Gasteiger partial charge on any atom is 0.0589 e. The Kier molecular flexibility index (Phi) is 2.96. The van der Waals surface area contributed by atoms with E-state index in [-0.39, 0.29) is 11.6 Å². The maximum absolute atomic E-state index is 10.1. The van der Waals surface area contributed by atoms with Crippen molar-refractivity contribution in [3.63, 3.8) is 0 Å². The van der Waals surface area contributed by atoms with E-state index in [4.69, 9.17) is 0 Å². The molecule has 2 fully saturated rings. The number of fused-ring (bicyclic) bond motifs is 6. The molecule has 1 saturated heterocycles. The number of hydrogen-bond acceptors (Lipinski definition) is 2. The van der Waals surface area contributed by atoms with Crippen LogP contribution in [0, 0.1) is 11.8 Å². The van der Waals surface area contributed by atoms with Gasteiger partial charge in [0, 0.05) is 29.7 Å². The zero-order valence-corrected chi connectivity index (χ0v) is 13.9. The van der Waals surface area contributed by atoms with Gasteiger partial charge in [0.05, 0.1) is 11.6 Å². The third kappa shape index (κ3) is 1.96. The van der Waals surface area contributed by atoms with Crippen LogP contribution >= 0.6 is 0 Å². The highest BCUT2D eigenvalue weighted by atomic mass is 16.3. The van der Waals surface area contributed by atoms with E-state index in [1.165, 1.54) is 48.1 Å². The van der Waals surface area contributed by atoms with Gasteiger partial charge in [-0.1, -0.05) is 18.2 Å². The fourth-order valence-electron chi connectivity index (χ4n) is 5.68. The summed E-state index contributed by atoms with van der Waals surface area (Å²) in [4.78, 5) is 6.48. The molecule has 23 heavy (non-hydrogen) atoms. The van der Waals surface area contributed by atoms with Crippen LogP contribution < -0.4 is 0 Å². The topological polar surface area (TPSA) is 39.3 Å². The molecule has 3 heteroatoms. The smallest absolute Gasteiger partial charge is 0.0589 e. The number of benzene rings is 1. The summed E-state index contributed by atoms with van der Waals surface area (Å²) < 4.78 is 0. The number of H-pyrrole nitrogens is 1. The fraction of sp³-hybridized carbons (Fsp3) is 0.600. The lowest BCUT2D eigenvalue weighted by Gasteiger charge is -2.54. The zero-order chi connectivity index (χ0) is 15.6. The number of aromatic amines is 1. The summed E-state index contributed by atoms with van der Waals surface area (Å²) in [7, 11) is 0. The number of hydrogen-bond donors (Lipinski definition) is 2. The number of nitrogens with one attached hydrogen (secondary N) is 1. The summed E-state index contributed by atoms with van der Waals surface area (Å²) in [5.41, 5.74) is 4.38. The van der Waals surface area contributed by atoms with Crippen LogP contribution in [-0.4, -0.2) is 34.2 Å². The Bertz CT molecular complexity index is 751. The van der Waals surface area contributed by atoms with E-state index in [2.05, 4.69) is 41.1 Å². The Hall–Kier alpha value is -1.32. The minimum atomic E-state index is -0.0721. The van der Waals surface area contributed by atoms with Crippen LogP contribution in [-0.2, 0) is 12.0 Å². The van der Waals surface area contributed by atoms with Gasteiger partial charge in [0.2, 0.25) is 0 Å². The van der Waals surface area contributed by atoms with Gasteiger partial charge in [0.15, 0.2) is 0 Å². The molecule has 4 atom stereocenters. The van der Waals surface area contributed by atoms with Gasteiger partial charge in [0.1, 0.15) is 0 Å². The van der Waals surface area contributed by atoms with Gasteiger partial charge in [-0.05, 0) is 62.5 Å². The number of piperidine rings is 1. The zero-order valence-electron chi connectivity index (χ0n) is 13.9. The number of para-hydroxylation sites is 1. The van der Waals surface area contributed by atoms with Gasteiger partial charge in [0.25, 0.3) is 0 Å². The Morgan fingerprint density at radius 3 is 3.00 bits per heavy atom. The van der Waals surface area contributed by atoms with Crippen molar-refractivity contribution in [2.45, 2.75) is 50.7 Å². The lowest BCUT2D eigenvalue weighted by molar-refractivity contribution is -0.0544. The molecule has 1 aromatic heterocycles. The van der Waals surface area contributed by atoms with Gasteiger partial charge in [-0.3, -0.25) is 4.90 Å². The van der Waals surface area contributed by atoms with Crippen molar-refractivity contribution in [2.24, 2.45) is 11.8 Å². The summed E-state index contributed by atoms with van der Waals surface area (Å²) in [6, 6.07) is 8.75. The molecule has 122 valence electrons. The van der Waals surface area contributed by atoms with Crippen molar-refractivity contribution >= 4 is 10.9 Å². The van der Waals surface area contributed by atoms with Gasteiger partial charge in [-0.25, -0.2) is 0 Å². The standard InChI is InChI=1S/C20H26N2O/c1-20-11-14-10-15(23)7-6-13(14)12-22(20)9-8-17-16-4-2-3-5-18(16)21-19(17)20/h2-5,13-15,21,23H,6-12H2,1H3/t13?,14?,15-,20+/m1/s1. The Morgan fingerprint density at radius 2 is 2.09 bits per heavy atom. The van der Waals surface area contributed by atoms with Gasteiger partial charge >= 0.3 is 0 Å². The molecule has 0 amide bonds. The molecule has 1 aliphatic carbocycles. The molecule has 3 aliphatic rings. The van der Waals surface area contributed by atoms with Crippen molar-refractivity contribution in [1.82, 2.24) is 9.88 Å². The molecular formula is C20H26N2O. The average molecular weight is 310 g/mol. The molecule has 1 saturated carbocycles. The minimum absolute atomic E-state index is 0.0721. The lowest BCUT2D eigenvalue weighted by atomic mass is 9.66. The molecule has 2 aromatic rings. The maximum atomic E-state index is 10.1. The molecule has 3 nitrogen and oxygen atoms in total. The first kappa shape index (κ1) is 14.1. The van der Waals surface area contributed by atoms with Crippen LogP contribution in [0.25, 0.3) is 10.9 Å². The highest BCUT2D eigenvalue weighted by Gasteiger charge is 2.49. The van der Waals surface area contributed by atoms with E-state index < -0.39 is 0 Å². The van der Waals surface area contributed by atoms with Crippen molar-refractivity contribution in [1.29, 1.82) is 0 Å². The average Bonchev–Trinajstić information content (AvgIpc) is 2.93. The number of aromatic nitrogens is 1. The molecule has 2 unspecified atom stereocenters. The second-order valence-corrected chi connectivity index (χ2v) is 8.19. The minimum Gasteiger partial charge on any atom is -0.393 e. The van der Waals surface area contributed by atoms with E-state index in [0.29, 0.717) is 5.92 Å². The number of rotatable bonds is 0. The van der Waals surface area contributed by atoms with E-state index in [1.54, 1.807) is 0 Å². The van der Waals surface area contributed by atoms with Gasteiger partial charge in [-0.15, -0.1) is 0 Å². The third-order valence-corrected chi connectivity index (χ3v) is 6.91. The summed E-state index contributed by atoms with van der Waals surface area (Å²) in [5.74, 6) is 1.47. The van der Waals surface area contributed by atoms with E-state index in [9.17, 15) is 5.11 Å². The van der Waals surface area contributed by atoms with Crippen molar-refractivity contribution in [2.75, 3.05) is 13.1 Å². The van der Waals surface area contributed by atoms with Crippen molar-refractivity contribution in [3.8, 4) is 0 Å². The van der Waals surface area contributed by atoms with Crippen molar-refractivity contribution < 1.29 is 5.11 Å². The predicted molar refractivity (Wildman–Crippen MR) is 92.4 cm³/mol. The summed E-state index contributed by atoms with van der Waals surface area (Å²) >= 11 is 0. The number of aliphatic hydroxyl groups excluding tert-OH is 1. The quantitative estimate of drug-likeness (QED) is 0.782. The molecule has 3 heterocycles. The van der Waals surface area contributed by atoms with Crippen LogP contribution in [0.1, 0.15) is 43.9 Å². The van der Waals surface area contributed by atoms with Gasteiger partial charge in [-0.2, -0.15) is 0 Å². The highest BCUT2D eigenvalue weighted by molar-refractivity contribution is 5.85. The molecular weight excluding hydrogens is 284 g/mol. The van der Waals surface area contributed by atoms with E-state index in [0.717, 1.165) is 25.2 Å². The summed E-state index contributed by atoms with van der Waals surface area (Å²) in [6.45, 7) is 4.82. The molecule has 1 aromatic carbocycles. The van der Waals surface area contributed by atoms with Crippen LogP contribution in [0.4, 0.5) is 0 Å². The van der Waals surface area contributed by atoms with Crippen LogP contribution in [0.5, 0.6) is 0 Å². The van der Waals surface area contributed by atoms with E-state index >= 15 is 0 Å². The predicted octanol–water partition coefficient (Wildman–Crippen LogP) is 3.42. The largest absolute Gasteiger partial charge is 0.393 e. The normalized spacial score (nSPS) is 37.2. The van der Waals surface area contributed by atoms with Gasteiger partial charge < -0.3 is 10.1 Å². The monoisotopic (exact) mass is 310 g/mol. The Morgan fingerprint density at radius 1 is 1.22 bits per heavy atom.